The molecule has 13 heavy (non-hydrogen) atoms. The average Bonchev–Trinajstić information content (AvgIpc) is 1.94. The molecule has 7 heteroatoms. The van der Waals surface area contributed by atoms with Crippen molar-refractivity contribution in [2.24, 2.45) is 5.14 Å². The maximum Gasteiger partial charge on any atom is 0.239 e. The third-order valence-electron chi connectivity index (χ3n) is 1.28. The smallest absolute Gasteiger partial charge is 0.225 e. The summed E-state index contributed by atoms with van der Waals surface area (Å²) in [4.78, 5) is -0.388. The normalized spacial score (nSPS) is 11.7. The summed E-state index contributed by atoms with van der Waals surface area (Å²) in [5.41, 5.74) is 0. The molecule has 0 radical (unpaired) electrons. The van der Waals surface area contributed by atoms with Crippen molar-refractivity contribution in [2.45, 2.75) is 4.90 Å². The van der Waals surface area contributed by atoms with E-state index in [0.29, 0.717) is 0 Å². The fourth-order valence-electron chi connectivity index (χ4n) is 0.722. The fraction of sp³-hybridized carbons (Fsp3) is 0. The van der Waals surface area contributed by atoms with Gasteiger partial charge in [0.1, 0.15) is 10.7 Å². The van der Waals surface area contributed by atoms with Gasteiger partial charge in [-0.15, -0.1) is 0 Å². The van der Waals surface area contributed by atoms with Gasteiger partial charge in [-0.3, -0.25) is 0 Å². The van der Waals surface area contributed by atoms with Gasteiger partial charge in [0.15, 0.2) is 0 Å². The van der Waals surface area contributed by atoms with Gasteiger partial charge in [0.05, 0.1) is 10.0 Å². The first-order valence-electron chi connectivity index (χ1n) is 2.99. The van der Waals surface area contributed by atoms with Crippen LogP contribution in [0.5, 0.6) is 0 Å². The van der Waals surface area contributed by atoms with E-state index in [1.807, 2.05) is 0 Å². The lowest BCUT2D eigenvalue weighted by atomic mass is 10.3. The zero-order chi connectivity index (χ0) is 10.2. The van der Waals surface area contributed by atoms with Gasteiger partial charge in [-0.05, 0) is 12.1 Å². The van der Waals surface area contributed by atoms with Crippen LogP contribution in [0, 0.1) is 5.82 Å². The van der Waals surface area contributed by atoms with Gasteiger partial charge in [0.25, 0.3) is 0 Å². The monoisotopic (exact) mass is 243 g/mol. The maximum absolute atomic E-state index is 12.7. The van der Waals surface area contributed by atoms with Gasteiger partial charge in [-0.25, -0.2) is 17.9 Å². The fourth-order valence-corrected chi connectivity index (χ4v) is 2.04. The van der Waals surface area contributed by atoms with Crippen molar-refractivity contribution in [2.75, 3.05) is 0 Å². The van der Waals surface area contributed by atoms with Crippen molar-refractivity contribution < 1.29 is 12.8 Å². The molecule has 0 fully saturated rings. The summed E-state index contributed by atoms with van der Waals surface area (Å²) >= 11 is 10.8. The Labute approximate surface area is 84.3 Å². The van der Waals surface area contributed by atoms with Gasteiger partial charge < -0.3 is 0 Å². The molecule has 0 amide bonds. The first-order valence-corrected chi connectivity index (χ1v) is 5.30. The van der Waals surface area contributed by atoms with Crippen LogP contribution in [0.4, 0.5) is 4.39 Å². The Hall–Kier alpha value is -0.360. The van der Waals surface area contributed by atoms with Gasteiger partial charge in [-0.1, -0.05) is 23.2 Å². The van der Waals surface area contributed by atoms with Gasteiger partial charge in [0.2, 0.25) is 10.0 Å². The summed E-state index contributed by atoms with van der Waals surface area (Å²) < 4.78 is 34.4. The third kappa shape index (κ3) is 2.31. The van der Waals surface area contributed by atoms with E-state index < -0.39 is 15.8 Å². The minimum Gasteiger partial charge on any atom is -0.225 e. The van der Waals surface area contributed by atoms with Crippen molar-refractivity contribution in [3.8, 4) is 0 Å². The molecule has 0 aromatic heterocycles. The summed E-state index contributed by atoms with van der Waals surface area (Å²) in [6, 6.07) is 1.66. The molecule has 0 saturated carbocycles. The van der Waals surface area contributed by atoms with Gasteiger partial charge in [0, 0.05) is 0 Å². The molecule has 72 valence electrons. The Morgan fingerprint density at radius 2 is 1.77 bits per heavy atom. The van der Waals surface area contributed by atoms with Crippen LogP contribution in [0.25, 0.3) is 0 Å². The highest BCUT2D eigenvalue weighted by atomic mass is 35.5. The highest BCUT2D eigenvalue weighted by Gasteiger charge is 2.15. The van der Waals surface area contributed by atoms with Crippen LogP contribution in [0.2, 0.25) is 10.0 Å². The van der Waals surface area contributed by atoms with E-state index in [4.69, 9.17) is 28.3 Å². The van der Waals surface area contributed by atoms with Crippen LogP contribution < -0.4 is 5.14 Å². The van der Waals surface area contributed by atoms with Crippen LogP contribution in [0.15, 0.2) is 17.0 Å². The van der Waals surface area contributed by atoms with Crippen LogP contribution in [0.1, 0.15) is 0 Å². The highest BCUT2D eigenvalue weighted by molar-refractivity contribution is 7.89. The average molecular weight is 244 g/mol. The first-order chi connectivity index (χ1) is 5.82. The number of halogens is 3. The molecule has 0 aliphatic carbocycles. The van der Waals surface area contributed by atoms with Gasteiger partial charge >= 0.3 is 0 Å². The second-order valence-electron chi connectivity index (χ2n) is 2.24. The highest BCUT2D eigenvalue weighted by Crippen LogP contribution is 2.26. The molecule has 0 atom stereocenters. The molecule has 0 saturated heterocycles. The minimum atomic E-state index is -3.96. The predicted octanol–water partition coefficient (Wildman–Crippen LogP) is 1.78. The lowest BCUT2D eigenvalue weighted by Crippen LogP contribution is -2.12. The van der Waals surface area contributed by atoms with Crippen LogP contribution in [-0.4, -0.2) is 8.42 Å². The van der Waals surface area contributed by atoms with Crippen LogP contribution in [0.3, 0.4) is 0 Å². The molecule has 2 N–H and O–H groups in total. The van der Waals surface area contributed by atoms with Crippen molar-refractivity contribution >= 4 is 33.2 Å². The van der Waals surface area contributed by atoms with E-state index in [1.165, 1.54) is 0 Å². The minimum absolute atomic E-state index is 0.288. The number of hydrogen-bond acceptors (Lipinski definition) is 2. The first kappa shape index (κ1) is 10.7. The van der Waals surface area contributed by atoms with E-state index in [2.05, 4.69) is 0 Å². The Kier molecular flexibility index (Phi) is 2.82. The zero-order valence-electron chi connectivity index (χ0n) is 6.09. The van der Waals surface area contributed by atoms with Crippen molar-refractivity contribution in [3.05, 3.63) is 28.0 Å². The van der Waals surface area contributed by atoms with E-state index in [9.17, 15) is 12.8 Å². The van der Waals surface area contributed by atoms with E-state index >= 15 is 0 Å². The van der Waals surface area contributed by atoms with Gasteiger partial charge in [-0.2, -0.15) is 0 Å². The molecule has 1 aromatic rings. The molecule has 1 aromatic carbocycles. The molecule has 0 aliphatic heterocycles. The lowest BCUT2D eigenvalue weighted by molar-refractivity contribution is 0.596. The number of rotatable bonds is 1. The molecule has 0 aliphatic rings. The lowest BCUT2D eigenvalue weighted by Gasteiger charge is -2.02. The molecule has 1 rings (SSSR count). The number of benzene rings is 1. The molecule has 0 unspecified atom stereocenters. The SMILES string of the molecule is NS(=O)(=O)c1cc(Cl)c(F)cc1Cl. The number of primary sulfonamides is 1. The van der Waals surface area contributed by atoms with Crippen molar-refractivity contribution in [3.63, 3.8) is 0 Å². The van der Waals surface area contributed by atoms with Crippen LogP contribution in [-0.2, 0) is 10.0 Å². The number of hydrogen-bond donors (Lipinski definition) is 1. The Balaban J connectivity index is 3.50. The van der Waals surface area contributed by atoms with E-state index in [0.717, 1.165) is 12.1 Å². The second-order valence-corrected chi connectivity index (χ2v) is 4.59. The van der Waals surface area contributed by atoms with E-state index in [-0.39, 0.29) is 14.9 Å². The number of nitrogens with two attached hydrogens (primary N) is 1. The maximum atomic E-state index is 12.7. The third-order valence-corrected chi connectivity index (χ3v) is 2.95. The summed E-state index contributed by atoms with van der Waals surface area (Å²) in [6.07, 6.45) is 0. The summed E-state index contributed by atoms with van der Waals surface area (Å²) in [5, 5.41) is 4.16. The topological polar surface area (TPSA) is 60.2 Å². The second kappa shape index (κ2) is 3.42. The van der Waals surface area contributed by atoms with Crippen molar-refractivity contribution in [1.82, 2.24) is 0 Å². The standard InChI is InChI=1S/C6H4Cl2FNO2S/c7-3-2-6(13(10,11)12)4(8)1-5(3)9/h1-2H,(H2,10,11,12). The zero-order valence-corrected chi connectivity index (χ0v) is 8.42. The Bertz CT molecular complexity index is 446. The van der Waals surface area contributed by atoms with E-state index in [1.54, 1.807) is 0 Å². The van der Waals surface area contributed by atoms with Crippen molar-refractivity contribution in [1.29, 1.82) is 0 Å². The summed E-state index contributed by atoms with van der Waals surface area (Å²) in [5.74, 6) is -0.793. The molecule has 0 spiro atoms. The summed E-state index contributed by atoms with van der Waals surface area (Å²) in [7, 11) is -3.96. The Morgan fingerprint density at radius 1 is 1.23 bits per heavy atom. The molecule has 0 bridgehead atoms. The molecular weight excluding hydrogens is 240 g/mol. The summed E-state index contributed by atoms with van der Waals surface area (Å²) in [6.45, 7) is 0. The van der Waals surface area contributed by atoms with Crippen LogP contribution >= 0.6 is 23.2 Å². The molecule has 3 nitrogen and oxygen atoms in total. The predicted molar refractivity (Wildman–Crippen MR) is 47.8 cm³/mol. The Morgan fingerprint density at radius 3 is 2.23 bits per heavy atom. The quantitative estimate of drug-likeness (QED) is 0.765. The molecule has 0 heterocycles. The largest absolute Gasteiger partial charge is 0.239 e. The number of sulfonamides is 1. The molecular formula is C6H4Cl2FNO2S.